The highest BCUT2D eigenvalue weighted by Gasteiger charge is 2.42. The van der Waals surface area contributed by atoms with E-state index in [0.29, 0.717) is 6.42 Å². The number of hydrogen-bond acceptors (Lipinski definition) is 7. The summed E-state index contributed by atoms with van der Waals surface area (Å²) in [4.78, 5) is 30.6. The van der Waals surface area contributed by atoms with Crippen LogP contribution in [0.15, 0.2) is 22.6 Å². The van der Waals surface area contributed by atoms with Crippen molar-refractivity contribution in [1.82, 2.24) is 4.98 Å². The van der Waals surface area contributed by atoms with Crippen LogP contribution in [-0.4, -0.2) is 45.3 Å². The molecule has 2 heterocycles. The van der Waals surface area contributed by atoms with Gasteiger partial charge in [-0.15, -0.1) is 11.3 Å². The lowest BCUT2D eigenvalue weighted by molar-refractivity contribution is -0.154. The van der Waals surface area contributed by atoms with Gasteiger partial charge in [-0.1, -0.05) is 46.3 Å². The van der Waals surface area contributed by atoms with Crippen molar-refractivity contribution in [1.29, 1.82) is 0 Å². The fourth-order valence-corrected chi connectivity index (χ4v) is 5.21. The molecule has 0 fully saturated rings. The number of ether oxygens (including phenoxy) is 1. The summed E-state index contributed by atoms with van der Waals surface area (Å²) in [7, 11) is 0. The predicted molar refractivity (Wildman–Crippen MR) is 141 cm³/mol. The van der Waals surface area contributed by atoms with E-state index in [1.54, 1.807) is 32.1 Å². The van der Waals surface area contributed by atoms with Crippen LogP contribution >= 0.6 is 11.3 Å². The topological polar surface area (TPSA) is 96.7 Å². The van der Waals surface area contributed by atoms with Crippen LogP contribution in [0.3, 0.4) is 0 Å². The molecule has 2 N–H and O–H groups in total. The molecule has 0 amide bonds. The van der Waals surface area contributed by atoms with E-state index in [-0.39, 0.29) is 18.1 Å². The van der Waals surface area contributed by atoms with Crippen molar-refractivity contribution in [3.05, 3.63) is 33.3 Å². The fraction of sp³-hybridized carbons (Fsp3) is 0.679. The van der Waals surface area contributed by atoms with Gasteiger partial charge >= 0.3 is 5.97 Å². The van der Waals surface area contributed by atoms with Gasteiger partial charge in [-0.2, -0.15) is 0 Å². The molecule has 0 spiro atoms. The molecule has 7 heteroatoms. The van der Waals surface area contributed by atoms with Crippen LogP contribution in [0.5, 0.6) is 0 Å². The maximum absolute atomic E-state index is 13.2. The van der Waals surface area contributed by atoms with Crippen LogP contribution in [0.1, 0.15) is 90.8 Å². The van der Waals surface area contributed by atoms with Gasteiger partial charge in [0.15, 0.2) is 0 Å². The van der Waals surface area contributed by atoms with Gasteiger partial charge in [-0.25, -0.2) is 4.98 Å². The molecule has 0 bridgehead atoms. The van der Waals surface area contributed by atoms with Crippen LogP contribution < -0.4 is 0 Å². The molecule has 0 saturated carbocycles. The minimum atomic E-state index is -1.21. The standard InChI is InChI=1S/C28H43NO5S/c1-8-21-11-9-10-17(2)26(32)19(4)27(33)28(6,7)24(30)15-25(31)34-23(13-12-21)18(3)14-22-16-35-20(5)29-22/h12,14,16-17,19,23-24,26,30,32H,8-11,13,15H2,1-7H3/b18-14-,21-12-/t17-,19+,23?,24?,26-/m0/s1. The van der Waals surface area contributed by atoms with Crippen molar-refractivity contribution in [3.8, 4) is 0 Å². The van der Waals surface area contributed by atoms with Crippen LogP contribution in [-0.2, 0) is 14.3 Å². The number of thiazole rings is 1. The lowest BCUT2D eigenvalue weighted by Crippen LogP contribution is -2.45. The normalized spacial score (nSPS) is 31.5. The number of aromatic nitrogens is 1. The lowest BCUT2D eigenvalue weighted by atomic mass is 9.73. The van der Waals surface area contributed by atoms with Crippen molar-refractivity contribution in [2.45, 2.75) is 105 Å². The summed E-state index contributed by atoms with van der Waals surface area (Å²) in [5, 5.41) is 24.6. The predicted octanol–water partition coefficient (Wildman–Crippen LogP) is 5.66. The molecule has 0 radical (unpaired) electrons. The Bertz CT molecular complexity index is 932. The fourth-order valence-electron chi connectivity index (χ4n) is 4.64. The number of carbonyl (C=O) groups excluding carboxylic acids is 2. The molecule has 1 aromatic rings. The summed E-state index contributed by atoms with van der Waals surface area (Å²) in [6.07, 6.45) is 5.35. The quantitative estimate of drug-likeness (QED) is 0.407. The van der Waals surface area contributed by atoms with E-state index in [0.717, 1.165) is 42.0 Å². The largest absolute Gasteiger partial charge is 0.457 e. The second-order valence-electron chi connectivity index (χ2n) is 10.6. The third-order valence-electron chi connectivity index (χ3n) is 7.36. The van der Waals surface area contributed by atoms with Gasteiger partial charge in [-0.3, -0.25) is 9.59 Å². The molecular formula is C28H43NO5S. The van der Waals surface area contributed by atoms with E-state index in [9.17, 15) is 19.8 Å². The van der Waals surface area contributed by atoms with Gasteiger partial charge in [0.1, 0.15) is 11.9 Å². The van der Waals surface area contributed by atoms with Gasteiger partial charge < -0.3 is 14.9 Å². The summed E-state index contributed by atoms with van der Waals surface area (Å²) < 4.78 is 5.85. The number of Topliss-reactive ketones (excluding diaryl/α,β-unsaturated/α-hetero) is 1. The summed E-state index contributed by atoms with van der Waals surface area (Å²) in [5.41, 5.74) is 1.81. The van der Waals surface area contributed by atoms with Crippen LogP contribution in [0.2, 0.25) is 0 Å². The number of aliphatic hydroxyl groups is 2. The van der Waals surface area contributed by atoms with E-state index >= 15 is 0 Å². The number of rotatable bonds is 3. The van der Waals surface area contributed by atoms with Crippen molar-refractivity contribution in [2.75, 3.05) is 0 Å². The molecule has 0 aromatic carbocycles. The maximum atomic E-state index is 13.2. The zero-order chi connectivity index (χ0) is 26.3. The highest BCUT2D eigenvalue weighted by molar-refractivity contribution is 7.09. The zero-order valence-electron chi connectivity index (χ0n) is 22.3. The number of hydrogen-bond donors (Lipinski definition) is 2. The first-order valence-electron chi connectivity index (χ1n) is 12.7. The first-order valence-corrected chi connectivity index (χ1v) is 13.6. The van der Waals surface area contributed by atoms with E-state index in [1.807, 2.05) is 32.2 Å². The summed E-state index contributed by atoms with van der Waals surface area (Å²) in [6.45, 7) is 12.9. The van der Waals surface area contributed by atoms with E-state index in [4.69, 9.17) is 4.74 Å². The molecule has 0 aliphatic carbocycles. The molecule has 2 unspecified atom stereocenters. The van der Waals surface area contributed by atoms with Crippen LogP contribution in [0.25, 0.3) is 6.08 Å². The Morgan fingerprint density at radius 2 is 1.97 bits per heavy atom. The molecular weight excluding hydrogens is 462 g/mol. The monoisotopic (exact) mass is 505 g/mol. The number of esters is 1. The van der Waals surface area contributed by atoms with Crippen molar-refractivity contribution in [3.63, 3.8) is 0 Å². The Balaban J connectivity index is 2.37. The molecule has 1 aliphatic heterocycles. The number of aryl methyl sites for hydroxylation is 1. The minimum absolute atomic E-state index is 0.0441. The van der Waals surface area contributed by atoms with Gasteiger partial charge in [-0.05, 0) is 57.1 Å². The molecule has 0 saturated heterocycles. The third kappa shape index (κ3) is 8.09. The van der Waals surface area contributed by atoms with Gasteiger partial charge in [0, 0.05) is 17.7 Å². The van der Waals surface area contributed by atoms with Gasteiger partial charge in [0.05, 0.1) is 34.7 Å². The Hall–Kier alpha value is -1.83. The Labute approximate surface area is 214 Å². The smallest absolute Gasteiger partial charge is 0.309 e. The molecule has 2 rings (SSSR count). The van der Waals surface area contributed by atoms with Crippen LogP contribution in [0, 0.1) is 24.2 Å². The number of allylic oxidation sites excluding steroid dienone is 1. The molecule has 5 atom stereocenters. The van der Waals surface area contributed by atoms with E-state index in [2.05, 4.69) is 18.0 Å². The van der Waals surface area contributed by atoms with Gasteiger partial charge in [0.2, 0.25) is 0 Å². The highest BCUT2D eigenvalue weighted by Crippen LogP contribution is 2.32. The lowest BCUT2D eigenvalue weighted by Gasteiger charge is -2.34. The minimum Gasteiger partial charge on any atom is -0.457 e. The number of nitrogens with zero attached hydrogens (tertiary/aromatic N) is 1. The number of aliphatic hydroxyl groups excluding tert-OH is 2. The highest BCUT2D eigenvalue weighted by atomic mass is 32.1. The first-order chi connectivity index (χ1) is 16.4. The number of cyclic esters (lactones) is 1. The Morgan fingerprint density at radius 1 is 1.29 bits per heavy atom. The van der Waals surface area contributed by atoms with Crippen molar-refractivity contribution < 1.29 is 24.5 Å². The molecule has 6 nitrogen and oxygen atoms in total. The van der Waals surface area contributed by atoms with Crippen molar-refractivity contribution >= 4 is 29.2 Å². The number of ketones is 1. The average Bonchev–Trinajstić information content (AvgIpc) is 3.21. The van der Waals surface area contributed by atoms with Gasteiger partial charge in [0.25, 0.3) is 0 Å². The summed E-state index contributed by atoms with van der Waals surface area (Å²) in [5.74, 6) is -1.48. The average molecular weight is 506 g/mol. The van der Waals surface area contributed by atoms with E-state index < -0.39 is 35.6 Å². The first kappa shape index (κ1) is 29.4. The maximum Gasteiger partial charge on any atom is 0.309 e. The third-order valence-corrected chi connectivity index (χ3v) is 8.15. The molecule has 1 aromatic heterocycles. The Morgan fingerprint density at radius 3 is 2.57 bits per heavy atom. The molecule has 1 aliphatic rings. The SMILES string of the molecule is CC/C1=C/CC(/C(C)=C\c2csc(C)n2)OC(=O)CC(O)C(C)(C)C(=O)[C@H](C)[C@@H](O)[C@@H](C)CCC1. The van der Waals surface area contributed by atoms with Crippen molar-refractivity contribution in [2.24, 2.45) is 17.3 Å². The van der Waals surface area contributed by atoms with E-state index in [1.165, 1.54) is 5.57 Å². The molecule has 35 heavy (non-hydrogen) atoms. The Kier molecular flexibility index (Phi) is 10.9. The second-order valence-corrected chi connectivity index (χ2v) is 11.6. The molecule has 196 valence electrons. The second kappa shape index (κ2) is 12.9. The summed E-state index contributed by atoms with van der Waals surface area (Å²) in [6, 6.07) is 0. The number of carbonyl (C=O) groups is 2. The zero-order valence-corrected chi connectivity index (χ0v) is 23.2. The summed E-state index contributed by atoms with van der Waals surface area (Å²) >= 11 is 1.57. The van der Waals surface area contributed by atoms with Crippen LogP contribution in [0.4, 0.5) is 0 Å².